The monoisotopic (exact) mass is 426 g/mol. The van der Waals surface area contributed by atoms with Gasteiger partial charge in [-0.3, -0.25) is 33.2 Å². The lowest BCUT2D eigenvalue weighted by Crippen LogP contribution is -2.51. The second-order valence-electron chi connectivity index (χ2n) is 8.25. The average molecular weight is 426 g/mol. The summed E-state index contributed by atoms with van der Waals surface area (Å²) in [4.78, 5) is 58.4. The van der Waals surface area contributed by atoms with E-state index < -0.39 is 23.9 Å². The van der Waals surface area contributed by atoms with Crippen LogP contribution in [0, 0.1) is 0 Å². The first kappa shape index (κ1) is 18.7. The molecule has 5 heterocycles. The molecule has 2 amide bonds. The maximum absolute atomic E-state index is 13.5. The molecule has 3 aliphatic heterocycles. The summed E-state index contributed by atoms with van der Waals surface area (Å²) in [6.45, 7) is 2.77. The Kier molecular flexibility index (Phi) is 3.63. The van der Waals surface area contributed by atoms with Crippen molar-refractivity contribution in [2.45, 2.75) is 32.4 Å². The highest BCUT2D eigenvalue weighted by Gasteiger charge is 2.50. The molecule has 158 valence electrons. The van der Waals surface area contributed by atoms with Crippen LogP contribution in [0.2, 0.25) is 0 Å². The minimum absolute atomic E-state index is 0.197. The van der Waals surface area contributed by atoms with E-state index in [1.165, 1.54) is 18.4 Å². The highest BCUT2D eigenvalue weighted by Crippen LogP contribution is 2.45. The molecule has 2 aromatic heterocycles. The second kappa shape index (κ2) is 6.23. The Morgan fingerprint density at radius 2 is 1.62 bits per heavy atom. The third-order valence-corrected chi connectivity index (χ3v) is 6.50. The van der Waals surface area contributed by atoms with E-state index in [1.54, 1.807) is 28.8 Å². The molecule has 4 aromatic rings. The molecule has 0 unspecified atom stereocenters. The Morgan fingerprint density at radius 3 is 2.34 bits per heavy atom. The van der Waals surface area contributed by atoms with Crippen molar-refractivity contribution in [1.82, 2.24) is 19.0 Å². The molecule has 7 rings (SSSR count). The summed E-state index contributed by atoms with van der Waals surface area (Å²) in [5.41, 5.74) is 2.19. The van der Waals surface area contributed by atoms with Crippen molar-refractivity contribution < 1.29 is 14.4 Å². The van der Waals surface area contributed by atoms with Crippen LogP contribution in [0.25, 0.3) is 21.8 Å². The van der Waals surface area contributed by atoms with Crippen LogP contribution in [0.3, 0.4) is 0 Å². The molecule has 2 aromatic carbocycles. The van der Waals surface area contributed by atoms with E-state index in [9.17, 15) is 19.2 Å². The number of hydrogen-bond donors (Lipinski definition) is 0. The van der Waals surface area contributed by atoms with Gasteiger partial charge in [-0.05, 0) is 23.8 Å². The van der Waals surface area contributed by atoms with Crippen LogP contribution in [-0.2, 0) is 16.0 Å². The van der Waals surface area contributed by atoms with Crippen LogP contribution in [0.4, 0.5) is 0 Å². The Bertz CT molecular complexity index is 1580. The number of carbonyl (C=O) groups excluding carboxylic acids is 3. The zero-order valence-corrected chi connectivity index (χ0v) is 17.4. The summed E-state index contributed by atoms with van der Waals surface area (Å²) in [6.07, 6.45) is 0.197. The van der Waals surface area contributed by atoms with Crippen LogP contribution in [-0.4, -0.2) is 36.7 Å². The predicted molar refractivity (Wildman–Crippen MR) is 116 cm³/mol. The topological polar surface area (TPSA) is 94.3 Å². The Hall–Kier alpha value is -4.07. The summed E-state index contributed by atoms with van der Waals surface area (Å²) >= 11 is 0. The molecule has 3 aliphatic rings. The molecule has 8 nitrogen and oxygen atoms in total. The third kappa shape index (κ3) is 2.18. The number of para-hydroxylation sites is 2. The van der Waals surface area contributed by atoms with Gasteiger partial charge >= 0.3 is 0 Å². The average Bonchev–Trinajstić information content (AvgIpc) is 2.94. The standard InChI is InChI=1S/C24H18N4O4/c1-12(29)26-18-10-6-4-7-14(18)16-11-19-24(32)27(13(2)30)21(20(16)26)22-25-17-9-5-3-8-15(17)23(31)28(19)22/h3-10,19,21H,11H2,1-2H3/t19-,21-/m0/s1. The largest absolute Gasteiger partial charge is 0.282 e. The predicted octanol–water partition coefficient (Wildman–Crippen LogP) is 2.59. The number of carbonyl (C=O) groups is 3. The SMILES string of the molecule is CC(=O)N1C(=O)[C@@H]2Cc3c(n(C(C)=O)c4ccccc34)[C@H]1c1nc3ccccc3c(=O)n12. The molecule has 2 atom stereocenters. The number of rotatable bonds is 0. The van der Waals surface area contributed by atoms with Crippen LogP contribution in [0.15, 0.2) is 53.3 Å². The molecule has 0 aliphatic carbocycles. The lowest BCUT2D eigenvalue weighted by atomic mass is 10.0. The fourth-order valence-corrected chi connectivity index (χ4v) is 5.29. The number of amides is 2. The van der Waals surface area contributed by atoms with Gasteiger partial charge in [-0.25, -0.2) is 4.98 Å². The Balaban J connectivity index is 1.82. The van der Waals surface area contributed by atoms with Crippen molar-refractivity contribution >= 4 is 39.5 Å². The maximum atomic E-state index is 13.5. The van der Waals surface area contributed by atoms with Gasteiger partial charge in [0.05, 0.1) is 22.1 Å². The number of nitrogens with zero attached hydrogens (tertiary/aromatic N) is 4. The van der Waals surface area contributed by atoms with Gasteiger partial charge in [0.25, 0.3) is 11.5 Å². The van der Waals surface area contributed by atoms with Crippen molar-refractivity contribution in [1.29, 1.82) is 0 Å². The smallest absolute Gasteiger partial charge is 0.262 e. The summed E-state index contributed by atoms with van der Waals surface area (Å²) in [5.74, 6) is -0.840. The lowest BCUT2D eigenvalue weighted by molar-refractivity contribution is -0.149. The van der Waals surface area contributed by atoms with Gasteiger partial charge in [-0.1, -0.05) is 30.3 Å². The normalized spacial score (nSPS) is 19.2. The van der Waals surface area contributed by atoms with Crippen molar-refractivity contribution in [2.24, 2.45) is 0 Å². The highest BCUT2D eigenvalue weighted by molar-refractivity contribution is 6.02. The van der Waals surface area contributed by atoms with Gasteiger partial charge in [0.2, 0.25) is 11.8 Å². The fourth-order valence-electron chi connectivity index (χ4n) is 5.29. The summed E-state index contributed by atoms with van der Waals surface area (Å²) in [5, 5.41) is 1.24. The minimum Gasteiger partial charge on any atom is -0.282 e. The molecular formula is C24H18N4O4. The van der Waals surface area contributed by atoms with E-state index in [2.05, 4.69) is 0 Å². The number of imide groups is 1. The summed E-state index contributed by atoms with van der Waals surface area (Å²) in [6, 6.07) is 12.5. The van der Waals surface area contributed by atoms with Gasteiger partial charge in [0, 0.05) is 25.7 Å². The first-order valence-electron chi connectivity index (χ1n) is 10.4. The number of hydrogen-bond acceptors (Lipinski definition) is 5. The van der Waals surface area contributed by atoms with Crippen LogP contribution >= 0.6 is 0 Å². The van der Waals surface area contributed by atoms with Crippen molar-refractivity contribution in [3.05, 3.63) is 76.0 Å². The molecule has 0 saturated heterocycles. The first-order chi connectivity index (χ1) is 15.4. The van der Waals surface area contributed by atoms with Gasteiger partial charge in [-0.2, -0.15) is 0 Å². The van der Waals surface area contributed by atoms with E-state index in [4.69, 9.17) is 4.98 Å². The van der Waals surface area contributed by atoms with Crippen molar-refractivity contribution in [3.8, 4) is 0 Å². The second-order valence-corrected chi connectivity index (χ2v) is 8.25. The van der Waals surface area contributed by atoms with E-state index in [-0.39, 0.29) is 17.9 Å². The molecule has 0 radical (unpaired) electrons. The number of benzene rings is 2. The molecule has 0 fully saturated rings. The van der Waals surface area contributed by atoms with Crippen LogP contribution in [0.5, 0.6) is 0 Å². The molecule has 8 heteroatoms. The van der Waals surface area contributed by atoms with Crippen LogP contribution in [0.1, 0.15) is 47.8 Å². The molecule has 0 N–H and O–H groups in total. The fraction of sp³-hybridized carbons (Fsp3) is 0.208. The molecular weight excluding hydrogens is 408 g/mol. The molecule has 2 bridgehead atoms. The van der Waals surface area contributed by atoms with E-state index in [1.807, 2.05) is 24.3 Å². The minimum atomic E-state index is -0.970. The summed E-state index contributed by atoms with van der Waals surface area (Å²) < 4.78 is 2.98. The van der Waals surface area contributed by atoms with E-state index in [0.717, 1.165) is 15.8 Å². The van der Waals surface area contributed by atoms with Gasteiger partial charge < -0.3 is 0 Å². The van der Waals surface area contributed by atoms with Gasteiger partial charge in [0.15, 0.2) is 0 Å². The highest BCUT2D eigenvalue weighted by atomic mass is 16.2. The summed E-state index contributed by atoms with van der Waals surface area (Å²) in [7, 11) is 0. The molecule has 32 heavy (non-hydrogen) atoms. The maximum Gasteiger partial charge on any atom is 0.262 e. The molecule has 0 saturated carbocycles. The lowest BCUT2D eigenvalue weighted by Gasteiger charge is -2.36. The van der Waals surface area contributed by atoms with Gasteiger partial charge in [0.1, 0.15) is 17.9 Å². The Morgan fingerprint density at radius 1 is 0.938 bits per heavy atom. The van der Waals surface area contributed by atoms with E-state index in [0.29, 0.717) is 27.9 Å². The van der Waals surface area contributed by atoms with E-state index >= 15 is 0 Å². The van der Waals surface area contributed by atoms with Crippen LogP contribution < -0.4 is 5.56 Å². The zero-order valence-electron chi connectivity index (χ0n) is 17.4. The molecule has 0 spiro atoms. The zero-order chi connectivity index (χ0) is 22.3. The first-order valence-corrected chi connectivity index (χ1v) is 10.4. The number of fused-ring (bicyclic) bond motifs is 3. The Labute approximate surface area is 181 Å². The number of aromatic nitrogens is 3. The van der Waals surface area contributed by atoms with Crippen molar-refractivity contribution in [3.63, 3.8) is 0 Å². The van der Waals surface area contributed by atoms with Gasteiger partial charge in [-0.15, -0.1) is 0 Å². The third-order valence-electron chi connectivity index (χ3n) is 6.50. The van der Waals surface area contributed by atoms with Crippen molar-refractivity contribution in [2.75, 3.05) is 0 Å². The quantitative estimate of drug-likeness (QED) is 0.431.